The first-order valence-electron chi connectivity index (χ1n) is 5.87. The van der Waals surface area contributed by atoms with Crippen LogP contribution >= 0.6 is 11.6 Å². The van der Waals surface area contributed by atoms with Gasteiger partial charge in [-0.2, -0.15) is 13.2 Å². The standard InChI is InChI=1S/C13H17ClF3NO/c1-12(2,5-6-19)18-8-9-3-4-11(14)10(7-9)13(15,16)17/h3-4,7,18-19H,5-6,8H2,1-2H3. The Balaban J connectivity index is 2.81. The fraction of sp³-hybridized carbons (Fsp3) is 0.538. The molecule has 0 radical (unpaired) electrons. The van der Waals surface area contributed by atoms with E-state index in [4.69, 9.17) is 16.7 Å². The van der Waals surface area contributed by atoms with Crippen LogP contribution in [0.3, 0.4) is 0 Å². The van der Waals surface area contributed by atoms with Gasteiger partial charge in [0.1, 0.15) is 0 Å². The van der Waals surface area contributed by atoms with E-state index in [0.29, 0.717) is 12.0 Å². The summed E-state index contributed by atoms with van der Waals surface area (Å²) in [6.07, 6.45) is -3.93. The molecule has 2 nitrogen and oxygen atoms in total. The highest BCUT2D eigenvalue weighted by molar-refractivity contribution is 6.31. The van der Waals surface area contributed by atoms with Crippen molar-refractivity contribution in [2.24, 2.45) is 0 Å². The van der Waals surface area contributed by atoms with Gasteiger partial charge in [-0.15, -0.1) is 0 Å². The summed E-state index contributed by atoms with van der Waals surface area (Å²) < 4.78 is 38.1. The maximum atomic E-state index is 12.7. The van der Waals surface area contributed by atoms with Gasteiger partial charge in [-0.1, -0.05) is 17.7 Å². The van der Waals surface area contributed by atoms with Crippen molar-refractivity contribution in [3.63, 3.8) is 0 Å². The Labute approximate surface area is 115 Å². The molecule has 0 spiro atoms. The number of aliphatic hydroxyl groups excluding tert-OH is 1. The minimum absolute atomic E-state index is 0.0222. The first-order chi connectivity index (χ1) is 8.65. The third-order valence-corrected chi connectivity index (χ3v) is 3.17. The van der Waals surface area contributed by atoms with Gasteiger partial charge in [0, 0.05) is 18.7 Å². The molecular weight excluding hydrogens is 279 g/mol. The molecule has 1 aromatic rings. The SMILES string of the molecule is CC(C)(CCO)NCc1ccc(Cl)c(C(F)(F)F)c1. The summed E-state index contributed by atoms with van der Waals surface area (Å²) in [7, 11) is 0. The summed E-state index contributed by atoms with van der Waals surface area (Å²) >= 11 is 5.55. The minimum atomic E-state index is -4.45. The number of hydrogen-bond acceptors (Lipinski definition) is 2. The second-order valence-corrected chi connectivity index (χ2v) is 5.43. The van der Waals surface area contributed by atoms with Crippen molar-refractivity contribution in [2.75, 3.05) is 6.61 Å². The van der Waals surface area contributed by atoms with Gasteiger partial charge in [-0.05, 0) is 38.0 Å². The number of halogens is 4. The number of rotatable bonds is 5. The van der Waals surface area contributed by atoms with Crippen LogP contribution in [0.4, 0.5) is 13.2 Å². The molecule has 0 aliphatic carbocycles. The molecule has 6 heteroatoms. The van der Waals surface area contributed by atoms with Crippen LogP contribution in [0.2, 0.25) is 5.02 Å². The number of benzene rings is 1. The average Bonchev–Trinajstić information content (AvgIpc) is 2.26. The predicted molar refractivity (Wildman–Crippen MR) is 69.1 cm³/mol. The van der Waals surface area contributed by atoms with Crippen molar-refractivity contribution in [1.29, 1.82) is 0 Å². The molecular formula is C13H17ClF3NO. The van der Waals surface area contributed by atoms with Crippen molar-refractivity contribution in [3.8, 4) is 0 Å². The van der Waals surface area contributed by atoms with Crippen LogP contribution in [0.15, 0.2) is 18.2 Å². The summed E-state index contributed by atoms with van der Waals surface area (Å²) in [6.45, 7) is 4.06. The minimum Gasteiger partial charge on any atom is -0.396 e. The molecule has 2 N–H and O–H groups in total. The van der Waals surface area contributed by atoms with E-state index < -0.39 is 11.7 Å². The highest BCUT2D eigenvalue weighted by atomic mass is 35.5. The molecule has 0 heterocycles. The molecule has 19 heavy (non-hydrogen) atoms. The monoisotopic (exact) mass is 295 g/mol. The van der Waals surface area contributed by atoms with Crippen LogP contribution in [0, 0.1) is 0 Å². The third kappa shape index (κ3) is 5.01. The van der Waals surface area contributed by atoms with Gasteiger partial charge in [0.15, 0.2) is 0 Å². The zero-order chi connectivity index (χ0) is 14.7. The zero-order valence-corrected chi connectivity index (χ0v) is 11.6. The van der Waals surface area contributed by atoms with Gasteiger partial charge in [0.2, 0.25) is 0 Å². The van der Waals surface area contributed by atoms with E-state index in [9.17, 15) is 13.2 Å². The molecule has 0 aliphatic heterocycles. The van der Waals surface area contributed by atoms with E-state index in [1.54, 1.807) is 6.07 Å². The predicted octanol–water partition coefficient (Wildman–Crippen LogP) is 3.61. The Morgan fingerprint density at radius 2 is 1.89 bits per heavy atom. The van der Waals surface area contributed by atoms with Gasteiger partial charge >= 0.3 is 6.18 Å². The van der Waals surface area contributed by atoms with Gasteiger partial charge in [0.05, 0.1) is 10.6 Å². The lowest BCUT2D eigenvalue weighted by atomic mass is 10.0. The maximum Gasteiger partial charge on any atom is 0.417 e. The molecule has 0 amide bonds. The zero-order valence-electron chi connectivity index (χ0n) is 10.8. The second-order valence-electron chi connectivity index (χ2n) is 5.02. The van der Waals surface area contributed by atoms with E-state index in [0.717, 1.165) is 6.07 Å². The molecule has 0 saturated carbocycles. The summed E-state index contributed by atoms with van der Waals surface area (Å²) in [6, 6.07) is 3.85. The molecule has 0 aliphatic rings. The fourth-order valence-corrected chi connectivity index (χ4v) is 1.83. The third-order valence-electron chi connectivity index (χ3n) is 2.84. The van der Waals surface area contributed by atoms with E-state index in [1.807, 2.05) is 13.8 Å². The van der Waals surface area contributed by atoms with Crippen molar-refractivity contribution in [2.45, 2.75) is 38.5 Å². The Morgan fingerprint density at radius 1 is 1.26 bits per heavy atom. The highest BCUT2D eigenvalue weighted by Crippen LogP contribution is 2.35. The summed E-state index contributed by atoms with van der Waals surface area (Å²) in [4.78, 5) is 0. The van der Waals surface area contributed by atoms with Crippen molar-refractivity contribution >= 4 is 11.6 Å². The molecule has 0 unspecified atom stereocenters. The molecule has 108 valence electrons. The summed E-state index contributed by atoms with van der Waals surface area (Å²) in [5.41, 5.74) is -0.663. The lowest BCUT2D eigenvalue weighted by Crippen LogP contribution is -2.39. The van der Waals surface area contributed by atoms with E-state index in [2.05, 4.69) is 5.32 Å². The lowest BCUT2D eigenvalue weighted by Gasteiger charge is -2.25. The number of aliphatic hydroxyl groups is 1. The average molecular weight is 296 g/mol. The van der Waals surface area contributed by atoms with E-state index in [-0.39, 0.29) is 23.7 Å². The summed E-state index contributed by atoms with van der Waals surface area (Å²) in [5, 5.41) is 11.7. The van der Waals surface area contributed by atoms with Crippen LogP contribution in [0.1, 0.15) is 31.4 Å². The Morgan fingerprint density at radius 3 is 2.42 bits per heavy atom. The first kappa shape index (κ1) is 16.3. The number of hydrogen-bond donors (Lipinski definition) is 2. The summed E-state index contributed by atoms with van der Waals surface area (Å²) in [5.74, 6) is 0. The van der Waals surface area contributed by atoms with Gasteiger partial charge in [-0.3, -0.25) is 0 Å². The Hall–Kier alpha value is -0.780. The van der Waals surface area contributed by atoms with E-state index in [1.165, 1.54) is 6.07 Å². The molecule has 0 atom stereocenters. The Bertz CT molecular complexity index is 432. The second kappa shape index (κ2) is 6.11. The molecule has 0 fully saturated rings. The van der Waals surface area contributed by atoms with Gasteiger partial charge < -0.3 is 10.4 Å². The van der Waals surface area contributed by atoms with E-state index >= 15 is 0 Å². The highest BCUT2D eigenvalue weighted by Gasteiger charge is 2.33. The normalized spacial score (nSPS) is 12.8. The first-order valence-corrected chi connectivity index (χ1v) is 6.25. The smallest absolute Gasteiger partial charge is 0.396 e. The quantitative estimate of drug-likeness (QED) is 0.870. The van der Waals surface area contributed by atoms with Gasteiger partial charge in [0.25, 0.3) is 0 Å². The largest absolute Gasteiger partial charge is 0.417 e. The van der Waals surface area contributed by atoms with Crippen molar-refractivity contribution in [3.05, 3.63) is 34.3 Å². The van der Waals surface area contributed by atoms with Crippen LogP contribution in [-0.4, -0.2) is 17.3 Å². The number of nitrogens with one attached hydrogen (secondary N) is 1. The van der Waals surface area contributed by atoms with Gasteiger partial charge in [-0.25, -0.2) is 0 Å². The number of alkyl halides is 3. The van der Waals surface area contributed by atoms with Crippen LogP contribution in [0.25, 0.3) is 0 Å². The molecule has 0 bridgehead atoms. The van der Waals surface area contributed by atoms with Crippen molar-refractivity contribution in [1.82, 2.24) is 5.32 Å². The molecule has 0 aromatic heterocycles. The topological polar surface area (TPSA) is 32.3 Å². The van der Waals surface area contributed by atoms with Crippen LogP contribution < -0.4 is 5.32 Å². The Kier molecular flexibility index (Phi) is 5.24. The molecule has 1 rings (SSSR count). The molecule has 0 saturated heterocycles. The van der Waals surface area contributed by atoms with Crippen molar-refractivity contribution < 1.29 is 18.3 Å². The lowest BCUT2D eigenvalue weighted by molar-refractivity contribution is -0.137. The molecule has 1 aromatic carbocycles. The fourth-order valence-electron chi connectivity index (χ4n) is 1.61. The van der Waals surface area contributed by atoms with Crippen LogP contribution in [0.5, 0.6) is 0 Å². The maximum absolute atomic E-state index is 12.7. The van der Waals surface area contributed by atoms with Crippen LogP contribution in [-0.2, 0) is 12.7 Å².